The number of rotatable bonds is 8. The van der Waals surface area contributed by atoms with E-state index in [2.05, 4.69) is 4.72 Å². The first-order valence-electron chi connectivity index (χ1n) is 7.19. The van der Waals surface area contributed by atoms with Crippen molar-refractivity contribution in [1.82, 2.24) is 4.72 Å². The highest BCUT2D eigenvalue weighted by Gasteiger charge is 2.19. The van der Waals surface area contributed by atoms with Crippen molar-refractivity contribution in [2.45, 2.75) is 10.6 Å². The highest BCUT2D eigenvalue weighted by molar-refractivity contribution is 7.98. The summed E-state index contributed by atoms with van der Waals surface area (Å²) >= 11 is 13.2. The Morgan fingerprint density at radius 3 is 2.68 bits per heavy atom. The fourth-order valence-electron chi connectivity index (χ4n) is 2.03. The first-order valence-corrected chi connectivity index (χ1v) is 10.6. The Kier molecular flexibility index (Phi) is 7.39. The van der Waals surface area contributed by atoms with Gasteiger partial charge < -0.3 is 4.74 Å². The van der Waals surface area contributed by atoms with Gasteiger partial charge in [-0.2, -0.15) is 11.8 Å². The van der Waals surface area contributed by atoms with Gasteiger partial charge in [-0.05, 0) is 30.3 Å². The smallest absolute Gasteiger partial charge is 0.244 e. The molecule has 0 fully saturated rings. The molecular formula is C16H16Cl2FNO3S2. The molecule has 0 amide bonds. The summed E-state index contributed by atoms with van der Waals surface area (Å²) < 4.78 is 45.9. The van der Waals surface area contributed by atoms with Gasteiger partial charge in [0.2, 0.25) is 10.0 Å². The van der Waals surface area contributed by atoms with Gasteiger partial charge in [-0.25, -0.2) is 17.5 Å². The summed E-state index contributed by atoms with van der Waals surface area (Å²) in [6.45, 7) is 0.175. The molecule has 25 heavy (non-hydrogen) atoms. The Hall–Kier alpha value is -0.990. The van der Waals surface area contributed by atoms with E-state index in [9.17, 15) is 12.8 Å². The Labute approximate surface area is 160 Å². The van der Waals surface area contributed by atoms with Crippen molar-refractivity contribution in [2.24, 2.45) is 0 Å². The zero-order valence-electron chi connectivity index (χ0n) is 13.3. The first kappa shape index (κ1) is 20.3. The predicted octanol–water partition coefficient (Wildman–Crippen LogP) is 4.35. The quantitative estimate of drug-likeness (QED) is 0.641. The highest BCUT2D eigenvalue weighted by atomic mass is 35.5. The minimum absolute atomic E-state index is 0.0235. The third-order valence-electron chi connectivity index (χ3n) is 3.26. The Morgan fingerprint density at radius 2 is 2.00 bits per heavy atom. The molecule has 136 valence electrons. The lowest BCUT2D eigenvalue weighted by Gasteiger charge is -2.11. The lowest BCUT2D eigenvalue weighted by molar-refractivity contribution is 0.402. The van der Waals surface area contributed by atoms with Crippen LogP contribution in [-0.2, 0) is 15.8 Å². The molecule has 2 aromatic rings. The van der Waals surface area contributed by atoms with Crippen LogP contribution < -0.4 is 9.46 Å². The number of sulfonamides is 1. The fourth-order valence-corrected chi connectivity index (χ4v) is 4.82. The summed E-state index contributed by atoms with van der Waals surface area (Å²) in [4.78, 5) is -0.0235. The molecule has 0 atom stereocenters. The molecule has 0 spiro atoms. The lowest BCUT2D eigenvalue weighted by Crippen LogP contribution is -2.26. The van der Waals surface area contributed by atoms with Crippen LogP contribution in [0.1, 0.15) is 5.56 Å². The van der Waals surface area contributed by atoms with E-state index in [1.165, 1.54) is 37.1 Å². The molecule has 0 bridgehead atoms. The van der Waals surface area contributed by atoms with Gasteiger partial charge in [-0.3, -0.25) is 0 Å². The molecule has 2 rings (SSSR count). The van der Waals surface area contributed by atoms with Crippen molar-refractivity contribution in [1.29, 1.82) is 0 Å². The molecule has 0 saturated carbocycles. The van der Waals surface area contributed by atoms with Gasteiger partial charge in [0.15, 0.2) is 0 Å². The third kappa shape index (κ3) is 5.49. The largest absolute Gasteiger partial charge is 0.495 e. The van der Waals surface area contributed by atoms with Crippen molar-refractivity contribution in [3.8, 4) is 5.75 Å². The number of benzene rings is 2. The van der Waals surface area contributed by atoms with Crippen LogP contribution in [0.25, 0.3) is 0 Å². The van der Waals surface area contributed by atoms with E-state index in [0.717, 1.165) is 0 Å². The van der Waals surface area contributed by atoms with Gasteiger partial charge in [0.25, 0.3) is 0 Å². The molecule has 4 nitrogen and oxygen atoms in total. The molecule has 0 saturated heterocycles. The van der Waals surface area contributed by atoms with E-state index in [0.29, 0.717) is 27.1 Å². The molecule has 1 N–H and O–H groups in total. The minimum atomic E-state index is -3.76. The van der Waals surface area contributed by atoms with E-state index < -0.39 is 10.0 Å². The summed E-state index contributed by atoms with van der Waals surface area (Å²) in [7, 11) is -2.37. The van der Waals surface area contributed by atoms with E-state index in [1.54, 1.807) is 18.2 Å². The van der Waals surface area contributed by atoms with E-state index >= 15 is 0 Å². The van der Waals surface area contributed by atoms with Gasteiger partial charge in [-0.1, -0.05) is 29.3 Å². The number of hydrogen-bond acceptors (Lipinski definition) is 4. The Bertz CT molecular complexity index is 827. The topological polar surface area (TPSA) is 55.4 Å². The molecule has 0 aliphatic carbocycles. The average Bonchev–Trinajstić information content (AvgIpc) is 2.57. The second-order valence-electron chi connectivity index (χ2n) is 4.95. The number of ether oxygens (including phenoxy) is 1. The maximum Gasteiger partial charge on any atom is 0.244 e. The molecule has 9 heteroatoms. The summed E-state index contributed by atoms with van der Waals surface area (Å²) in [5, 5.41) is 0.654. The molecule has 2 aromatic carbocycles. The van der Waals surface area contributed by atoms with E-state index in [-0.39, 0.29) is 23.0 Å². The summed E-state index contributed by atoms with van der Waals surface area (Å²) in [5.74, 6) is 0.646. The molecule has 0 heterocycles. The van der Waals surface area contributed by atoms with Crippen LogP contribution in [0.5, 0.6) is 5.75 Å². The number of methoxy groups -OCH3 is 1. The van der Waals surface area contributed by atoms with E-state index in [1.807, 2.05) is 0 Å². The molecular weight excluding hydrogens is 408 g/mol. The summed E-state index contributed by atoms with van der Waals surface area (Å²) in [6, 6.07) is 8.87. The van der Waals surface area contributed by atoms with Crippen molar-refractivity contribution in [3.63, 3.8) is 0 Å². The second-order valence-corrected chi connectivity index (χ2v) is 8.63. The van der Waals surface area contributed by atoms with Crippen molar-refractivity contribution < 1.29 is 17.5 Å². The van der Waals surface area contributed by atoms with Crippen molar-refractivity contribution in [2.75, 3.05) is 19.4 Å². The highest BCUT2D eigenvalue weighted by Crippen LogP contribution is 2.27. The maximum atomic E-state index is 13.7. The number of nitrogens with one attached hydrogen (secondary N) is 1. The van der Waals surface area contributed by atoms with Crippen LogP contribution >= 0.6 is 35.0 Å². The zero-order chi connectivity index (χ0) is 18.4. The van der Waals surface area contributed by atoms with Crippen LogP contribution in [0.4, 0.5) is 4.39 Å². The van der Waals surface area contributed by atoms with Crippen LogP contribution in [0.3, 0.4) is 0 Å². The monoisotopic (exact) mass is 423 g/mol. The zero-order valence-corrected chi connectivity index (χ0v) is 16.4. The summed E-state index contributed by atoms with van der Waals surface area (Å²) in [6.07, 6.45) is 0. The molecule has 0 aromatic heterocycles. The number of hydrogen-bond donors (Lipinski definition) is 1. The van der Waals surface area contributed by atoms with Gasteiger partial charge in [-0.15, -0.1) is 0 Å². The van der Waals surface area contributed by atoms with Gasteiger partial charge in [0.05, 0.1) is 7.11 Å². The Balaban J connectivity index is 1.92. The number of thioether (sulfide) groups is 1. The van der Waals surface area contributed by atoms with Crippen molar-refractivity contribution in [3.05, 3.63) is 57.8 Å². The Morgan fingerprint density at radius 1 is 1.24 bits per heavy atom. The van der Waals surface area contributed by atoms with Crippen LogP contribution in [0, 0.1) is 5.82 Å². The normalized spacial score (nSPS) is 11.5. The van der Waals surface area contributed by atoms with Crippen LogP contribution in [0.15, 0.2) is 41.3 Å². The standard InChI is InChI=1S/C16H16Cl2FNO3S2/c1-23-15-6-5-11(17)9-16(15)25(21,22)20-7-8-24-10-12-13(18)3-2-4-14(12)19/h2-6,9,20H,7-8,10H2,1H3. The number of halogens is 3. The van der Waals surface area contributed by atoms with E-state index in [4.69, 9.17) is 27.9 Å². The average molecular weight is 424 g/mol. The molecule has 0 aliphatic rings. The van der Waals surface area contributed by atoms with Crippen LogP contribution in [0.2, 0.25) is 10.0 Å². The maximum absolute atomic E-state index is 13.7. The summed E-state index contributed by atoms with van der Waals surface area (Å²) in [5.41, 5.74) is 0.411. The third-order valence-corrected chi connectivity index (χ3v) is 6.32. The molecule has 0 unspecified atom stereocenters. The fraction of sp³-hybridized carbons (Fsp3) is 0.250. The SMILES string of the molecule is COc1ccc(Cl)cc1S(=O)(=O)NCCSCc1c(F)cccc1Cl. The van der Waals surface area contributed by atoms with Gasteiger partial charge >= 0.3 is 0 Å². The second kappa shape index (κ2) is 9.09. The van der Waals surface area contributed by atoms with Gasteiger partial charge in [0, 0.05) is 33.7 Å². The molecule has 0 aliphatic heterocycles. The van der Waals surface area contributed by atoms with Crippen LogP contribution in [-0.4, -0.2) is 27.8 Å². The predicted molar refractivity (Wildman–Crippen MR) is 101 cm³/mol. The van der Waals surface area contributed by atoms with Crippen molar-refractivity contribution >= 4 is 45.0 Å². The minimum Gasteiger partial charge on any atom is -0.495 e. The first-order chi connectivity index (χ1) is 11.8. The molecule has 0 radical (unpaired) electrons. The lowest BCUT2D eigenvalue weighted by atomic mass is 10.2. The van der Waals surface area contributed by atoms with Gasteiger partial charge in [0.1, 0.15) is 16.5 Å².